The van der Waals surface area contributed by atoms with E-state index in [4.69, 9.17) is 0 Å². The van der Waals surface area contributed by atoms with Crippen LogP contribution in [0.3, 0.4) is 0 Å². The summed E-state index contributed by atoms with van der Waals surface area (Å²) < 4.78 is 0.970. The highest BCUT2D eigenvalue weighted by Crippen LogP contribution is 2.30. The highest BCUT2D eigenvalue weighted by Gasteiger charge is 2.02. The number of fused-ring (bicyclic) bond motifs is 1. The Balaban J connectivity index is 2.95. The molecule has 0 saturated heterocycles. The number of hydrogen-bond donors (Lipinski definition) is 0. The summed E-state index contributed by atoms with van der Waals surface area (Å²) in [6.45, 7) is 0. The Morgan fingerprint density at radius 1 is 0.917 bits per heavy atom. The van der Waals surface area contributed by atoms with Crippen molar-refractivity contribution in [2.45, 2.75) is 0 Å². The minimum atomic E-state index is 0.0776. The molecule has 0 N–H and O–H groups in total. The van der Waals surface area contributed by atoms with Gasteiger partial charge in [0.15, 0.2) is 5.75 Å². The topological polar surface area (TPSA) is 19.9 Å². The summed E-state index contributed by atoms with van der Waals surface area (Å²) in [4.78, 5) is 0. The highest BCUT2D eigenvalue weighted by atomic mass is 79.9. The van der Waals surface area contributed by atoms with E-state index in [2.05, 4.69) is 15.9 Å². The zero-order chi connectivity index (χ0) is 8.55. The van der Waals surface area contributed by atoms with Gasteiger partial charge in [0.1, 0.15) is 0 Å². The van der Waals surface area contributed by atoms with Crippen molar-refractivity contribution >= 4 is 26.7 Å². The molecule has 1 radical (unpaired) electrons. The van der Waals surface area contributed by atoms with E-state index in [1.165, 1.54) is 0 Å². The zero-order valence-electron chi connectivity index (χ0n) is 6.25. The molecule has 0 aromatic heterocycles. The predicted molar refractivity (Wildman–Crippen MR) is 51.8 cm³/mol. The molecule has 2 heteroatoms. The summed E-state index contributed by atoms with van der Waals surface area (Å²) in [5, 5.41) is 13.1. The van der Waals surface area contributed by atoms with Crippen molar-refractivity contribution in [3.8, 4) is 5.75 Å². The molecule has 0 heterocycles. The maximum atomic E-state index is 11.3. The molecule has 0 aliphatic carbocycles. The summed E-state index contributed by atoms with van der Waals surface area (Å²) in [5.74, 6) is 0.0776. The van der Waals surface area contributed by atoms with E-state index in [9.17, 15) is 5.11 Å². The van der Waals surface area contributed by atoms with Crippen molar-refractivity contribution in [3.05, 3.63) is 40.9 Å². The van der Waals surface area contributed by atoms with Crippen molar-refractivity contribution in [1.82, 2.24) is 0 Å². The molecule has 0 saturated carbocycles. The SMILES string of the molecule is [O]c1ccc(Br)c2ccccc12. The second-order valence-electron chi connectivity index (χ2n) is 2.59. The fourth-order valence-corrected chi connectivity index (χ4v) is 1.71. The molecular weight excluding hydrogens is 216 g/mol. The molecule has 0 atom stereocenters. The van der Waals surface area contributed by atoms with Crippen molar-refractivity contribution in [2.75, 3.05) is 0 Å². The molecule has 0 aliphatic rings. The van der Waals surface area contributed by atoms with Crippen LogP contribution >= 0.6 is 15.9 Å². The summed E-state index contributed by atoms with van der Waals surface area (Å²) in [6, 6.07) is 10.9. The third kappa shape index (κ3) is 1.08. The maximum absolute atomic E-state index is 11.3. The molecule has 2 rings (SSSR count). The number of hydrogen-bond acceptors (Lipinski definition) is 0. The maximum Gasteiger partial charge on any atom is 0.186 e. The van der Waals surface area contributed by atoms with Gasteiger partial charge in [-0.1, -0.05) is 40.2 Å². The Labute approximate surface area is 78.8 Å². The van der Waals surface area contributed by atoms with Crippen LogP contribution in [0, 0.1) is 0 Å². The van der Waals surface area contributed by atoms with Gasteiger partial charge in [-0.25, -0.2) is 0 Å². The van der Waals surface area contributed by atoms with E-state index in [1.807, 2.05) is 24.3 Å². The summed E-state index contributed by atoms with van der Waals surface area (Å²) >= 11 is 3.39. The molecule has 59 valence electrons. The third-order valence-electron chi connectivity index (χ3n) is 1.83. The monoisotopic (exact) mass is 221 g/mol. The Morgan fingerprint density at radius 3 is 2.25 bits per heavy atom. The lowest BCUT2D eigenvalue weighted by Crippen LogP contribution is -1.73. The Kier molecular flexibility index (Phi) is 1.77. The number of benzene rings is 2. The van der Waals surface area contributed by atoms with Crippen LogP contribution in [0.1, 0.15) is 0 Å². The van der Waals surface area contributed by atoms with E-state index in [0.717, 1.165) is 15.2 Å². The largest absolute Gasteiger partial charge is 0.289 e. The Morgan fingerprint density at radius 2 is 1.58 bits per heavy atom. The van der Waals surface area contributed by atoms with Gasteiger partial charge in [-0.3, -0.25) is 5.11 Å². The minimum absolute atomic E-state index is 0.0776. The first-order valence-corrected chi connectivity index (χ1v) is 4.42. The smallest absolute Gasteiger partial charge is 0.186 e. The van der Waals surface area contributed by atoms with Gasteiger partial charge in [-0.2, -0.15) is 0 Å². The van der Waals surface area contributed by atoms with E-state index >= 15 is 0 Å². The molecule has 2 aromatic carbocycles. The lowest BCUT2D eigenvalue weighted by molar-refractivity contribution is 0.360. The predicted octanol–water partition coefficient (Wildman–Crippen LogP) is 3.75. The fraction of sp³-hybridized carbons (Fsp3) is 0. The van der Waals surface area contributed by atoms with Crippen LogP contribution < -0.4 is 0 Å². The van der Waals surface area contributed by atoms with Gasteiger partial charge >= 0.3 is 0 Å². The molecule has 0 unspecified atom stereocenters. The Hall–Kier alpha value is -1.02. The quantitative estimate of drug-likeness (QED) is 0.646. The minimum Gasteiger partial charge on any atom is -0.289 e. The molecular formula is C10H6BrO. The van der Waals surface area contributed by atoms with Crippen LogP contribution in [0.25, 0.3) is 10.8 Å². The lowest BCUT2D eigenvalue weighted by Gasteiger charge is -1.99. The van der Waals surface area contributed by atoms with Crippen LogP contribution in [0.4, 0.5) is 0 Å². The number of rotatable bonds is 0. The number of halogens is 1. The molecule has 0 aliphatic heterocycles. The van der Waals surface area contributed by atoms with Gasteiger partial charge in [0, 0.05) is 9.86 Å². The average Bonchev–Trinajstić information content (AvgIpc) is 2.12. The van der Waals surface area contributed by atoms with Gasteiger partial charge < -0.3 is 0 Å². The van der Waals surface area contributed by atoms with E-state index in [-0.39, 0.29) is 5.75 Å². The first-order chi connectivity index (χ1) is 5.79. The second kappa shape index (κ2) is 2.79. The summed E-state index contributed by atoms with van der Waals surface area (Å²) in [6.07, 6.45) is 0. The van der Waals surface area contributed by atoms with Crippen molar-refractivity contribution < 1.29 is 5.11 Å². The highest BCUT2D eigenvalue weighted by molar-refractivity contribution is 9.10. The first kappa shape index (κ1) is 7.62. The molecule has 0 fully saturated rings. The molecule has 2 aromatic rings. The standard InChI is InChI=1S/C10H6BrO/c11-9-5-6-10(12)8-4-2-1-3-7(8)9/h1-6H. The van der Waals surface area contributed by atoms with Crippen molar-refractivity contribution in [3.63, 3.8) is 0 Å². The van der Waals surface area contributed by atoms with Crippen LogP contribution in [0.2, 0.25) is 0 Å². The molecule has 0 bridgehead atoms. The van der Waals surface area contributed by atoms with Crippen molar-refractivity contribution in [2.24, 2.45) is 0 Å². The van der Waals surface area contributed by atoms with Gasteiger partial charge in [-0.15, -0.1) is 0 Å². The summed E-state index contributed by atoms with van der Waals surface area (Å²) in [7, 11) is 0. The average molecular weight is 222 g/mol. The zero-order valence-corrected chi connectivity index (χ0v) is 7.84. The molecule has 0 spiro atoms. The van der Waals surface area contributed by atoms with E-state index in [0.29, 0.717) is 0 Å². The second-order valence-corrected chi connectivity index (χ2v) is 3.45. The normalized spacial score (nSPS) is 10.4. The Bertz CT molecular complexity index is 383. The van der Waals surface area contributed by atoms with E-state index in [1.54, 1.807) is 12.1 Å². The first-order valence-electron chi connectivity index (χ1n) is 3.63. The third-order valence-corrected chi connectivity index (χ3v) is 2.52. The van der Waals surface area contributed by atoms with E-state index < -0.39 is 0 Å². The van der Waals surface area contributed by atoms with Crippen LogP contribution in [0.15, 0.2) is 40.9 Å². The van der Waals surface area contributed by atoms with Gasteiger partial charge in [0.05, 0.1) is 0 Å². The molecule has 0 amide bonds. The van der Waals surface area contributed by atoms with Gasteiger partial charge in [0.25, 0.3) is 0 Å². The fourth-order valence-electron chi connectivity index (χ4n) is 1.23. The molecule has 1 nitrogen and oxygen atoms in total. The lowest BCUT2D eigenvalue weighted by atomic mass is 10.1. The summed E-state index contributed by atoms with van der Waals surface area (Å²) in [5.41, 5.74) is 0. The van der Waals surface area contributed by atoms with Crippen molar-refractivity contribution in [1.29, 1.82) is 0 Å². The van der Waals surface area contributed by atoms with Gasteiger partial charge in [0.2, 0.25) is 0 Å². The van der Waals surface area contributed by atoms with Crippen LogP contribution in [-0.4, -0.2) is 0 Å². The van der Waals surface area contributed by atoms with Gasteiger partial charge in [-0.05, 0) is 17.5 Å². The molecule has 12 heavy (non-hydrogen) atoms. The van der Waals surface area contributed by atoms with Crippen LogP contribution in [0.5, 0.6) is 5.75 Å². The van der Waals surface area contributed by atoms with Crippen LogP contribution in [-0.2, 0) is 5.11 Å².